The number of benzene rings is 2. The Labute approximate surface area is 204 Å². The first kappa shape index (κ1) is 26.6. The fourth-order valence-electron chi connectivity index (χ4n) is 3.21. The van der Waals surface area contributed by atoms with Gasteiger partial charge in [-0.3, -0.25) is 9.59 Å². The van der Waals surface area contributed by atoms with Gasteiger partial charge in [0.05, 0.1) is 14.2 Å². The summed E-state index contributed by atoms with van der Waals surface area (Å²) in [7, 11) is 3.06. The molecule has 0 heterocycles. The van der Waals surface area contributed by atoms with Crippen LogP contribution in [0.15, 0.2) is 36.4 Å². The molecule has 1 atom stereocenters. The second kappa shape index (κ2) is 13.2. The molecule has 0 fully saturated rings. The van der Waals surface area contributed by atoms with Gasteiger partial charge >= 0.3 is 0 Å². The molecule has 0 saturated carbocycles. The van der Waals surface area contributed by atoms with Gasteiger partial charge in [-0.15, -0.1) is 0 Å². The number of carbonyl (C=O) groups excluding carboxylic acids is 2. The van der Waals surface area contributed by atoms with Gasteiger partial charge in [0.1, 0.15) is 23.3 Å². The van der Waals surface area contributed by atoms with Gasteiger partial charge in [-0.25, -0.2) is 0 Å². The molecule has 2 amide bonds. The molecule has 0 spiro atoms. The number of hydrogen-bond acceptors (Lipinski definition) is 5. The Hall–Kier alpha value is -2.64. The van der Waals surface area contributed by atoms with Crippen molar-refractivity contribution < 1.29 is 23.8 Å². The molecule has 0 radical (unpaired) electrons. The minimum absolute atomic E-state index is 0.137. The van der Waals surface area contributed by atoms with E-state index < -0.39 is 6.04 Å². The Morgan fingerprint density at radius 1 is 1.00 bits per heavy atom. The molecule has 0 aliphatic carbocycles. The maximum absolute atomic E-state index is 13.3. The summed E-state index contributed by atoms with van der Waals surface area (Å²) in [6.07, 6.45) is 1.22. The van der Waals surface area contributed by atoms with E-state index in [0.717, 1.165) is 6.42 Å². The summed E-state index contributed by atoms with van der Waals surface area (Å²) in [5.74, 6) is 0.897. The minimum Gasteiger partial charge on any atom is -0.496 e. The Morgan fingerprint density at radius 2 is 1.64 bits per heavy atom. The number of rotatable bonds is 12. The minimum atomic E-state index is -0.681. The Balaban J connectivity index is 2.27. The zero-order chi connectivity index (χ0) is 24.4. The van der Waals surface area contributed by atoms with Gasteiger partial charge in [0.2, 0.25) is 5.91 Å². The third-order valence-electron chi connectivity index (χ3n) is 4.98. The second-order valence-electron chi connectivity index (χ2n) is 7.31. The fourth-order valence-corrected chi connectivity index (χ4v) is 3.68. The first-order chi connectivity index (χ1) is 15.8. The molecule has 0 bridgehead atoms. The summed E-state index contributed by atoms with van der Waals surface area (Å²) < 4.78 is 16.2. The van der Waals surface area contributed by atoms with Crippen LogP contribution in [-0.2, 0) is 16.1 Å². The monoisotopic (exact) mass is 496 g/mol. The van der Waals surface area contributed by atoms with Crippen molar-refractivity contribution in [2.24, 2.45) is 0 Å². The predicted octanol–water partition coefficient (Wildman–Crippen LogP) is 4.72. The van der Waals surface area contributed by atoms with Crippen molar-refractivity contribution in [3.63, 3.8) is 0 Å². The Morgan fingerprint density at radius 3 is 2.18 bits per heavy atom. The van der Waals surface area contributed by atoms with Crippen molar-refractivity contribution in [3.05, 3.63) is 52.0 Å². The standard InChI is InChI=1S/C24H30Cl2N2O5/c1-5-9-27-24(30)22(6-2)28(14-16-7-8-17(25)10-21(16)26)23(29)15-33-20-12-18(31-3)11-19(13-20)32-4/h7-8,10-13,22H,5-6,9,14-15H2,1-4H3,(H,27,30)/t22-/m0/s1. The zero-order valence-electron chi connectivity index (χ0n) is 19.3. The first-order valence-electron chi connectivity index (χ1n) is 10.7. The smallest absolute Gasteiger partial charge is 0.261 e. The van der Waals surface area contributed by atoms with E-state index >= 15 is 0 Å². The van der Waals surface area contributed by atoms with Crippen LogP contribution in [0.5, 0.6) is 17.2 Å². The molecule has 2 aromatic rings. The summed E-state index contributed by atoms with van der Waals surface area (Å²) in [6.45, 7) is 4.21. The van der Waals surface area contributed by atoms with Crippen molar-refractivity contribution >= 4 is 35.0 Å². The molecular weight excluding hydrogens is 467 g/mol. The zero-order valence-corrected chi connectivity index (χ0v) is 20.8. The van der Waals surface area contributed by atoms with Crippen LogP contribution in [0.1, 0.15) is 32.3 Å². The number of amides is 2. The van der Waals surface area contributed by atoms with Crippen LogP contribution in [0.25, 0.3) is 0 Å². The van der Waals surface area contributed by atoms with Gasteiger partial charge in [-0.1, -0.05) is 43.1 Å². The number of methoxy groups -OCH3 is 2. The van der Waals surface area contributed by atoms with Crippen LogP contribution in [0.3, 0.4) is 0 Å². The molecule has 0 aliphatic heterocycles. The third-order valence-corrected chi connectivity index (χ3v) is 5.57. The summed E-state index contributed by atoms with van der Waals surface area (Å²) in [5, 5.41) is 3.78. The van der Waals surface area contributed by atoms with E-state index in [4.69, 9.17) is 37.4 Å². The number of ether oxygens (including phenoxy) is 3. The molecule has 1 N–H and O–H groups in total. The van der Waals surface area contributed by atoms with Crippen molar-refractivity contribution in [2.75, 3.05) is 27.4 Å². The molecule has 2 rings (SSSR count). The third kappa shape index (κ3) is 7.72. The summed E-state index contributed by atoms with van der Waals surface area (Å²) in [5.41, 5.74) is 0.680. The van der Waals surface area contributed by atoms with Crippen molar-refractivity contribution in [1.82, 2.24) is 10.2 Å². The van der Waals surface area contributed by atoms with Crippen LogP contribution >= 0.6 is 23.2 Å². The molecule has 180 valence electrons. The molecule has 7 nitrogen and oxygen atoms in total. The Bertz CT molecular complexity index is 932. The van der Waals surface area contributed by atoms with E-state index in [1.807, 2.05) is 13.8 Å². The largest absolute Gasteiger partial charge is 0.496 e. The van der Waals surface area contributed by atoms with Crippen LogP contribution in [0.2, 0.25) is 10.0 Å². The molecule has 0 unspecified atom stereocenters. The Kier molecular flexibility index (Phi) is 10.6. The highest BCUT2D eigenvalue weighted by Crippen LogP contribution is 2.28. The predicted molar refractivity (Wildman–Crippen MR) is 129 cm³/mol. The normalized spacial score (nSPS) is 11.5. The van der Waals surface area contributed by atoms with Crippen LogP contribution in [-0.4, -0.2) is 50.1 Å². The lowest BCUT2D eigenvalue weighted by Gasteiger charge is -2.31. The highest BCUT2D eigenvalue weighted by atomic mass is 35.5. The maximum atomic E-state index is 13.3. The van der Waals surface area contributed by atoms with Gasteiger partial charge in [0.15, 0.2) is 6.61 Å². The summed E-state index contributed by atoms with van der Waals surface area (Å²) in [6, 6.07) is 9.38. The average molecular weight is 497 g/mol. The highest BCUT2D eigenvalue weighted by Gasteiger charge is 2.29. The lowest BCUT2D eigenvalue weighted by molar-refractivity contribution is -0.143. The number of nitrogens with zero attached hydrogens (tertiary/aromatic N) is 1. The molecule has 0 aromatic heterocycles. The van der Waals surface area contributed by atoms with E-state index in [1.165, 1.54) is 19.1 Å². The van der Waals surface area contributed by atoms with Gasteiger partial charge in [0.25, 0.3) is 5.91 Å². The summed E-state index contributed by atoms with van der Waals surface area (Å²) >= 11 is 12.4. The molecule has 33 heavy (non-hydrogen) atoms. The van der Waals surface area contributed by atoms with Crippen molar-refractivity contribution in [1.29, 1.82) is 0 Å². The summed E-state index contributed by atoms with van der Waals surface area (Å²) in [4.78, 5) is 27.6. The molecule has 2 aromatic carbocycles. The number of nitrogens with one attached hydrogen (secondary N) is 1. The maximum Gasteiger partial charge on any atom is 0.261 e. The van der Waals surface area contributed by atoms with E-state index in [1.54, 1.807) is 36.4 Å². The first-order valence-corrected chi connectivity index (χ1v) is 11.4. The van der Waals surface area contributed by atoms with Crippen LogP contribution < -0.4 is 19.5 Å². The number of carbonyl (C=O) groups is 2. The SMILES string of the molecule is CCCNC(=O)[C@H](CC)N(Cc1ccc(Cl)cc1Cl)C(=O)COc1cc(OC)cc(OC)c1. The quantitative estimate of drug-likeness (QED) is 0.459. The van der Waals surface area contributed by atoms with Gasteiger partial charge in [-0.05, 0) is 30.5 Å². The van der Waals surface area contributed by atoms with E-state index in [2.05, 4.69) is 5.32 Å². The topological polar surface area (TPSA) is 77.1 Å². The highest BCUT2D eigenvalue weighted by molar-refractivity contribution is 6.35. The fraction of sp³-hybridized carbons (Fsp3) is 0.417. The van der Waals surface area contributed by atoms with Crippen LogP contribution in [0, 0.1) is 0 Å². The lowest BCUT2D eigenvalue weighted by atomic mass is 10.1. The molecular formula is C24H30Cl2N2O5. The van der Waals surface area contributed by atoms with E-state index in [-0.39, 0.29) is 25.0 Å². The van der Waals surface area contributed by atoms with Gasteiger partial charge < -0.3 is 24.4 Å². The van der Waals surface area contributed by atoms with Gasteiger partial charge in [-0.2, -0.15) is 0 Å². The average Bonchev–Trinajstić information content (AvgIpc) is 2.81. The van der Waals surface area contributed by atoms with Gasteiger partial charge in [0, 0.05) is 41.3 Å². The van der Waals surface area contributed by atoms with E-state index in [0.29, 0.717) is 45.8 Å². The van der Waals surface area contributed by atoms with Crippen molar-refractivity contribution in [2.45, 2.75) is 39.3 Å². The number of hydrogen-bond donors (Lipinski definition) is 1. The molecule has 0 aliphatic rings. The van der Waals surface area contributed by atoms with Crippen molar-refractivity contribution in [3.8, 4) is 17.2 Å². The number of halogens is 2. The molecule has 9 heteroatoms. The molecule has 0 saturated heterocycles. The lowest BCUT2D eigenvalue weighted by Crippen LogP contribution is -2.50. The second-order valence-corrected chi connectivity index (χ2v) is 8.15. The van der Waals surface area contributed by atoms with Crippen LogP contribution in [0.4, 0.5) is 0 Å². The van der Waals surface area contributed by atoms with E-state index in [9.17, 15) is 9.59 Å².